The van der Waals surface area contributed by atoms with E-state index < -0.39 is 28.1 Å². The summed E-state index contributed by atoms with van der Waals surface area (Å²) < 4.78 is 27.3. The lowest BCUT2D eigenvalue weighted by Gasteiger charge is -2.25. The largest absolute Gasteiger partial charge is 0.548 e. The highest BCUT2D eigenvalue weighted by molar-refractivity contribution is 7.89. The Hall–Kier alpha value is -2.71. The lowest BCUT2D eigenvalue weighted by molar-refractivity contribution is -0.310. The van der Waals surface area contributed by atoms with Crippen LogP contribution < -0.4 is 9.83 Å². The highest BCUT2D eigenvalue weighted by atomic mass is 35.5. The molecule has 3 rings (SSSR count). The number of hydrogen-bond donors (Lipinski definition) is 2. The quantitative estimate of drug-likeness (QED) is 0.597. The maximum atomic E-state index is 12.6. The molecule has 0 aliphatic rings. The summed E-state index contributed by atoms with van der Waals surface area (Å²) in [5.41, 5.74) is 1.86. The van der Waals surface area contributed by atoms with E-state index in [4.69, 9.17) is 11.6 Å². The van der Waals surface area contributed by atoms with Crippen molar-refractivity contribution in [2.24, 2.45) is 0 Å². The second-order valence-corrected chi connectivity index (χ2v) is 8.46. The van der Waals surface area contributed by atoms with Crippen molar-refractivity contribution < 1.29 is 23.4 Å². The molecule has 0 aromatic heterocycles. The number of halogens is 1. The van der Waals surface area contributed by atoms with Gasteiger partial charge in [0.15, 0.2) is 0 Å². The number of carboxylic acids is 1. The SMILES string of the molecule is O=C([O-])C(NS(=O)(=O)c1ccc(-c2ccc(Cl)cc2)cc1)C(O)c1ccccc1. The van der Waals surface area contributed by atoms with E-state index in [1.165, 1.54) is 24.3 Å². The first kappa shape index (κ1) is 21.0. The van der Waals surface area contributed by atoms with Crippen molar-refractivity contribution in [2.45, 2.75) is 17.0 Å². The number of aliphatic hydroxyl groups excluding tert-OH is 1. The highest BCUT2D eigenvalue weighted by Gasteiger charge is 2.28. The maximum Gasteiger partial charge on any atom is 0.241 e. The summed E-state index contributed by atoms with van der Waals surface area (Å²) in [4.78, 5) is 11.3. The van der Waals surface area contributed by atoms with Crippen LogP contribution in [0.3, 0.4) is 0 Å². The van der Waals surface area contributed by atoms with Crippen molar-refractivity contribution in [3.8, 4) is 11.1 Å². The molecule has 0 bridgehead atoms. The van der Waals surface area contributed by atoms with Crippen LogP contribution in [0.5, 0.6) is 0 Å². The van der Waals surface area contributed by atoms with Gasteiger partial charge in [0, 0.05) is 5.02 Å². The Kier molecular flexibility index (Phi) is 6.34. The first-order valence-electron chi connectivity index (χ1n) is 8.60. The standard InChI is InChI=1S/C21H18ClNO5S/c22-17-10-6-14(7-11-17)15-8-12-18(13-9-15)29(27,28)23-19(21(25)26)20(24)16-4-2-1-3-5-16/h1-13,19-20,23-24H,(H,25,26)/p-1. The predicted octanol–water partition coefficient (Wildman–Crippen LogP) is 2.14. The third-order valence-corrected chi connectivity index (χ3v) is 6.04. The zero-order valence-electron chi connectivity index (χ0n) is 15.0. The molecule has 2 N–H and O–H groups in total. The number of aliphatic hydroxyl groups is 1. The van der Waals surface area contributed by atoms with Crippen LogP contribution in [0.15, 0.2) is 83.8 Å². The number of aliphatic carboxylic acids is 1. The number of nitrogens with one attached hydrogen (secondary N) is 1. The van der Waals surface area contributed by atoms with Gasteiger partial charge in [-0.3, -0.25) is 0 Å². The summed E-state index contributed by atoms with van der Waals surface area (Å²) in [6.45, 7) is 0. The summed E-state index contributed by atoms with van der Waals surface area (Å²) in [6.07, 6.45) is -1.61. The molecule has 0 spiro atoms. The lowest BCUT2D eigenvalue weighted by atomic mass is 10.0. The van der Waals surface area contributed by atoms with E-state index in [0.29, 0.717) is 5.02 Å². The van der Waals surface area contributed by atoms with Crippen molar-refractivity contribution >= 4 is 27.6 Å². The van der Waals surface area contributed by atoms with Gasteiger partial charge >= 0.3 is 0 Å². The third-order valence-electron chi connectivity index (χ3n) is 4.34. The summed E-state index contributed by atoms with van der Waals surface area (Å²) in [5, 5.41) is 22.4. The molecule has 0 aliphatic carbocycles. The fourth-order valence-corrected chi connectivity index (χ4v) is 4.10. The average Bonchev–Trinajstić information content (AvgIpc) is 2.73. The monoisotopic (exact) mass is 430 g/mol. The van der Waals surface area contributed by atoms with Crippen molar-refractivity contribution in [2.75, 3.05) is 0 Å². The van der Waals surface area contributed by atoms with Gasteiger partial charge in [-0.25, -0.2) is 8.42 Å². The van der Waals surface area contributed by atoms with Gasteiger partial charge in [0.2, 0.25) is 10.0 Å². The Morgan fingerprint density at radius 1 is 0.897 bits per heavy atom. The molecule has 29 heavy (non-hydrogen) atoms. The maximum absolute atomic E-state index is 12.6. The molecular weight excluding hydrogens is 414 g/mol. The van der Waals surface area contributed by atoms with Crippen molar-refractivity contribution in [1.82, 2.24) is 4.72 Å². The molecule has 2 unspecified atom stereocenters. The van der Waals surface area contributed by atoms with E-state index in [9.17, 15) is 23.4 Å². The number of carbonyl (C=O) groups is 1. The third kappa shape index (κ3) is 5.02. The second-order valence-electron chi connectivity index (χ2n) is 6.30. The molecule has 3 aromatic carbocycles. The van der Waals surface area contributed by atoms with E-state index in [1.807, 2.05) is 4.72 Å². The Bertz CT molecular complexity index is 1080. The Labute approximate surface area is 173 Å². The van der Waals surface area contributed by atoms with Crippen LogP contribution in [0, 0.1) is 0 Å². The van der Waals surface area contributed by atoms with Gasteiger partial charge in [-0.15, -0.1) is 0 Å². The molecule has 0 fully saturated rings. The van der Waals surface area contributed by atoms with Crippen LogP contribution in [-0.4, -0.2) is 25.5 Å². The second kappa shape index (κ2) is 8.75. The number of rotatable bonds is 7. The minimum atomic E-state index is -4.22. The average molecular weight is 431 g/mol. The molecule has 0 aliphatic heterocycles. The molecule has 0 amide bonds. The van der Waals surface area contributed by atoms with Crippen molar-refractivity contribution in [1.29, 1.82) is 0 Å². The Morgan fingerprint density at radius 2 is 1.41 bits per heavy atom. The molecule has 0 saturated heterocycles. The molecule has 3 aromatic rings. The summed E-state index contributed by atoms with van der Waals surface area (Å²) in [5.74, 6) is -1.73. The smallest absolute Gasteiger partial charge is 0.241 e. The summed E-state index contributed by atoms with van der Waals surface area (Å²) >= 11 is 5.87. The molecule has 0 radical (unpaired) electrons. The number of carbonyl (C=O) groups excluding carboxylic acids is 1. The molecule has 0 heterocycles. The van der Waals surface area contributed by atoms with Crippen LogP contribution >= 0.6 is 11.6 Å². The summed E-state index contributed by atoms with van der Waals surface area (Å²) in [6, 6.07) is 19.0. The summed E-state index contributed by atoms with van der Waals surface area (Å²) in [7, 11) is -4.22. The van der Waals surface area contributed by atoms with E-state index in [-0.39, 0.29) is 10.5 Å². The van der Waals surface area contributed by atoms with Gasteiger partial charge in [0.1, 0.15) is 6.10 Å². The Morgan fingerprint density at radius 3 is 1.93 bits per heavy atom. The first-order valence-corrected chi connectivity index (χ1v) is 10.5. The number of sulfonamides is 1. The van der Waals surface area contributed by atoms with Gasteiger partial charge in [-0.2, -0.15) is 4.72 Å². The van der Waals surface area contributed by atoms with E-state index in [1.54, 1.807) is 54.6 Å². The molecule has 0 saturated carbocycles. The van der Waals surface area contributed by atoms with Crippen LogP contribution in [-0.2, 0) is 14.8 Å². The minimum absolute atomic E-state index is 0.137. The van der Waals surface area contributed by atoms with Crippen LogP contribution in [0.4, 0.5) is 0 Å². The molecule has 8 heteroatoms. The van der Waals surface area contributed by atoms with Gasteiger partial charge in [-0.1, -0.05) is 66.2 Å². The van der Waals surface area contributed by atoms with Crippen molar-refractivity contribution in [3.63, 3.8) is 0 Å². The highest BCUT2D eigenvalue weighted by Crippen LogP contribution is 2.24. The normalized spacial score (nSPS) is 13.6. The Balaban J connectivity index is 1.83. The van der Waals surface area contributed by atoms with E-state index >= 15 is 0 Å². The van der Waals surface area contributed by atoms with Gasteiger partial charge in [0.05, 0.1) is 16.9 Å². The van der Waals surface area contributed by atoms with E-state index in [2.05, 4.69) is 0 Å². The van der Waals surface area contributed by atoms with Gasteiger partial charge < -0.3 is 15.0 Å². The predicted molar refractivity (Wildman–Crippen MR) is 107 cm³/mol. The van der Waals surface area contributed by atoms with Crippen molar-refractivity contribution in [3.05, 3.63) is 89.4 Å². The fourth-order valence-electron chi connectivity index (χ4n) is 2.79. The zero-order valence-corrected chi connectivity index (χ0v) is 16.6. The zero-order chi connectivity index (χ0) is 21.0. The van der Waals surface area contributed by atoms with Crippen LogP contribution in [0.25, 0.3) is 11.1 Å². The molecule has 2 atom stereocenters. The molecule has 6 nitrogen and oxygen atoms in total. The number of hydrogen-bond acceptors (Lipinski definition) is 5. The number of carboxylic acid groups (broad SMARTS) is 1. The lowest BCUT2D eigenvalue weighted by Crippen LogP contribution is -2.51. The first-order chi connectivity index (χ1) is 13.8. The number of benzene rings is 3. The topological polar surface area (TPSA) is 107 Å². The fraction of sp³-hybridized carbons (Fsp3) is 0.0952. The molecular formula is C21H17ClNO5S-. The van der Waals surface area contributed by atoms with Gasteiger partial charge in [0.25, 0.3) is 0 Å². The van der Waals surface area contributed by atoms with Gasteiger partial charge in [-0.05, 0) is 41.0 Å². The minimum Gasteiger partial charge on any atom is -0.548 e. The van der Waals surface area contributed by atoms with Crippen LogP contribution in [0.2, 0.25) is 5.02 Å². The van der Waals surface area contributed by atoms with Crippen LogP contribution in [0.1, 0.15) is 11.7 Å². The van der Waals surface area contributed by atoms with E-state index in [0.717, 1.165) is 11.1 Å². The molecule has 150 valence electrons.